The second-order valence-corrected chi connectivity index (χ2v) is 7.26. The van der Waals surface area contributed by atoms with Crippen molar-refractivity contribution in [2.45, 2.75) is 38.1 Å². The summed E-state index contributed by atoms with van der Waals surface area (Å²) in [5.41, 5.74) is 0.540. The van der Waals surface area contributed by atoms with Crippen molar-refractivity contribution in [3.63, 3.8) is 0 Å². The van der Waals surface area contributed by atoms with Gasteiger partial charge in [0, 0.05) is 18.7 Å². The summed E-state index contributed by atoms with van der Waals surface area (Å²) in [5, 5.41) is 2.94. The Labute approximate surface area is 154 Å². The van der Waals surface area contributed by atoms with Crippen molar-refractivity contribution in [1.29, 1.82) is 0 Å². The second-order valence-electron chi connectivity index (χ2n) is 6.28. The summed E-state index contributed by atoms with van der Waals surface area (Å²) < 4.78 is 5.12. The lowest BCUT2D eigenvalue weighted by molar-refractivity contribution is -0.133. The average Bonchev–Trinajstić information content (AvgIpc) is 2.94. The fourth-order valence-corrected chi connectivity index (χ4v) is 3.46. The summed E-state index contributed by atoms with van der Waals surface area (Å²) in [4.78, 5) is 27.4. The van der Waals surface area contributed by atoms with E-state index >= 15 is 0 Å². The predicted molar refractivity (Wildman–Crippen MR) is 102 cm³/mol. The minimum atomic E-state index is -0.458. The van der Waals surface area contributed by atoms with Crippen LogP contribution in [0.2, 0.25) is 0 Å². The van der Waals surface area contributed by atoms with Crippen LogP contribution in [0.4, 0.5) is 0 Å². The van der Waals surface area contributed by atoms with Gasteiger partial charge in [0.15, 0.2) is 0 Å². The molecule has 5 nitrogen and oxygen atoms in total. The number of carbonyl (C=O) groups is 2. The van der Waals surface area contributed by atoms with Crippen molar-refractivity contribution < 1.29 is 14.3 Å². The summed E-state index contributed by atoms with van der Waals surface area (Å²) in [7, 11) is 1.59. The molecule has 1 heterocycles. The maximum Gasteiger partial charge on any atom is 0.251 e. The van der Waals surface area contributed by atoms with Gasteiger partial charge in [-0.2, -0.15) is 11.8 Å². The number of nitrogens with one attached hydrogen (secondary N) is 1. The topological polar surface area (TPSA) is 58.6 Å². The smallest absolute Gasteiger partial charge is 0.251 e. The van der Waals surface area contributed by atoms with Gasteiger partial charge >= 0.3 is 0 Å². The van der Waals surface area contributed by atoms with Gasteiger partial charge in [0.1, 0.15) is 11.8 Å². The lowest BCUT2D eigenvalue weighted by Crippen LogP contribution is -2.49. The Morgan fingerprint density at radius 2 is 1.80 bits per heavy atom. The van der Waals surface area contributed by atoms with Crippen molar-refractivity contribution in [1.82, 2.24) is 10.2 Å². The highest BCUT2D eigenvalue weighted by Crippen LogP contribution is 2.14. The fourth-order valence-electron chi connectivity index (χ4n) is 2.99. The Hall–Kier alpha value is -1.69. The van der Waals surface area contributed by atoms with Gasteiger partial charge in [0.05, 0.1) is 7.11 Å². The summed E-state index contributed by atoms with van der Waals surface area (Å²) >= 11 is 1.69. The first-order chi connectivity index (χ1) is 12.2. The third kappa shape index (κ3) is 5.96. The number of methoxy groups -OCH3 is 1. The van der Waals surface area contributed by atoms with Crippen LogP contribution in [0, 0.1) is 0 Å². The molecule has 1 N–H and O–H groups in total. The molecule has 0 aromatic heterocycles. The minimum Gasteiger partial charge on any atom is -0.497 e. The number of likely N-dealkylation sites (tertiary alicyclic amines) is 1. The Bertz CT molecular complexity index is 554. The highest BCUT2D eigenvalue weighted by Gasteiger charge is 2.26. The molecule has 0 aliphatic carbocycles. The first-order valence-corrected chi connectivity index (χ1v) is 10.3. The van der Waals surface area contributed by atoms with Crippen LogP contribution in [0.15, 0.2) is 24.3 Å². The van der Waals surface area contributed by atoms with Crippen LogP contribution in [0.1, 0.15) is 42.5 Å². The van der Waals surface area contributed by atoms with E-state index in [0.29, 0.717) is 17.7 Å². The van der Waals surface area contributed by atoms with Crippen LogP contribution in [-0.4, -0.2) is 55.0 Å². The SMILES string of the molecule is COc1ccc(C(=O)NC(CCSC)C(=O)N2CCCCCC2)cc1. The Kier molecular flexibility index (Phi) is 8.12. The molecule has 1 atom stereocenters. The molecule has 0 spiro atoms. The van der Waals surface area contributed by atoms with E-state index in [9.17, 15) is 9.59 Å². The van der Waals surface area contributed by atoms with Crippen LogP contribution in [0.5, 0.6) is 5.75 Å². The third-order valence-corrected chi connectivity index (χ3v) is 5.13. The molecule has 0 bridgehead atoms. The van der Waals surface area contributed by atoms with Crippen molar-refractivity contribution in [3.8, 4) is 5.75 Å². The van der Waals surface area contributed by atoms with E-state index in [-0.39, 0.29) is 11.8 Å². The number of thioether (sulfide) groups is 1. The molecule has 1 aromatic carbocycles. The van der Waals surface area contributed by atoms with Gasteiger partial charge in [-0.05, 0) is 55.5 Å². The maximum absolute atomic E-state index is 12.9. The molecule has 1 aliphatic heterocycles. The molecule has 1 unspecified atom stereocenters. The molecule has 1 aliphatic rings. The van der Waals surface area contributed by atoms with Gasteiger partial charge in [-0.25, -0.2) is 0 Å². The van der Waals surface area contributed by atoms with E-state index in [0.717, 1.165) is 31.7 Å². The van der Waals surface area contributed by atoms with Crippen LogP contribution in [0.25, 0.3) is 0 Å². The molecule has 2 rings (SSSR count). The summed E-state index contributed by atoms with van der Waals surface area (Å²) in [5.74, 6) is 1.39. The highest BCUT2D eigenvalue weighted by atomic mass is 32.2. The van der Waals surface area contributed by atoms with Crippen LogP contribution >= 0.6 is 11.8 Å². The quantitative estimate of drug-likeness (QED) is 0.808. The monoisotopic (exact) mass is 364 g/mol. The molecule has 138 valence electrons. The summed E-state index contributed by atoms with van der Waals surface area (Å²) in [6.45, 7) is 1.60. The number of carbonyl (C=O) groups excluding carboxylic acids is 2. The van der Waals surface area contributed by atoms with Crippen molar-refractivity contribution >= 4 is 23.6 Å². The van der Waals surface area contributed by atoms with Crippen LogP contribution in [0.3, 0.4) is 0 Å². The zero-order chi connectivity index (χ0) is 18.1. The van der Waals surface area contributed by atoms with Crippen LogP contribution in [-0.2, 0) is 4.79 Å². The number of nitrogens with zero attached hydrogens (tertiary/aromatic N) is 1. The van der Waals surface area contributed by atoms with Gasteiger partial charge in [-0.15, -0.1) is 0 Å². The second kappa shape index (κ2) is 10.3. The molecule has 0 radical (unpaired) electrons. The normalized spacial score (nSPS) is 16.0. The van der Waals surface area contributed by atoms with Crippen molar-refractivity contribution in [2.75, 3.05) is 32.2 Å². The predicted octanol–water partition coefficient (Wildman–Crippen LogP) is 2.95. The number of benzene rings is 1. The van der Waals surface area contributed by atoms with Gasteiger partial charge in [-0.1, -0.05) is 12.8 Å². The third-order valence-electron chi connectivity index (χ3n) is 4.48. The number of ether oxygens (including phenoxy) is 1. The zero-order valence-corrected chi connectivity index (χ0v) is 15.9. The minimum absolute atomic E-state index is 0.0535. The zero-order valence-electron chi connectivity index (χ0n) is 15.1. The van der Waals surface area contributed by atoms with Gasteiger partial charge in [-0.3, -0.25) is 9.59 Å². The van der Waals surface area contributed by atoms with Crippen molar-refractivity contribution in [3.05, 3.63) is 29.8 Å². The molecular formula is C19H28N2O3S. The highest BCUT2D eigenvalue weighted by molar-refractivity contribution is 7.98. The molecule has 1 saturated heterocycles. The first kappa shape index (κ1) is 19.6. The fraction of sp³-hybridized carbons (Fsp3) is 0.579. The molecule has 1 aromatic rings. The number of amides is 2. The van der Waals surface area contributed by atoms with E-state index in [2.05, 4.69) is 5.32 Å². The Morgan fingerprint density at radius 1 is 1.16 bits per heavy atom. The lowest BCUT2D eigenvalue weighted by Gasteiger charge is -2.26. The van der Waals surface area contributed by atoms with E-state index in [1.54, 1.807) is 43.1 Å². The number of rotatable bonds is 7. The average molecular weight is 365 g/mol. The standard InChI is InChI=1S/C19H28N2O3S/c1-24-16-9-7-15(8-10-16)18(22)20-17(11-14-25-2)19(23)21-12-5-3-4-6-13-21/h7-10,17H,3-6,11-14H2,1-2H3,(H,20,22). The molecular weight excluding hydrogens is 336 g/mol. The Balaban J connectivity index is 2.04. The number of hydrogen-bond donors (Lipinski definition) is 1. The summed E-state index contributed by atoms with van der Waals surface area (Å²) in [6, 6.07) is 6.48. The molecule has 1 fully saturated rings. The number of hydrogen-bond acceptors (Lipinski definition) is 4. The summed E-state index contributed by atoms with van der Waals surface area (Å²) in [6.07, 6.45) is 7.12. The van der Waals surface area contributed by atoms with E-state index in [1.807, 2.05) is 11.2 Å². The van der Waals surface area contributed by atoms with Crippen molar-refractivity contribution in [2.24, 2.45) is 0 Å². The Morgan fingerprint density at radius 3 is 2.36 bits per heavy atom. The molecule has 2 amide bonds. The maximum atomic E-state index is 12.9. The van der Waals surface area contributed by atoms with Gasteiger partial charge < -0.3 is 15.0 Å². The molecule has 0 saturated carbocycles. The van der Waals surface area contributed by atoms with E-state index in [4.69, 9.17) is 4.74 Å². The first-order valence-electron chi connectivity index (χ1n) is 8.88. The van der Waals surface area contributed by atoms with E-state index < -0.39 is 6.04 Å². The molecule has 6 heteroatoms. The van der Waals surface area contributed by atoms with Gasteiger partial charge in [0.25, 0.3) is 5.91 Å². The lowest BCUT2D eigenvalue weighted by atomic mass is 10.1. The largest absolute Gasteiger partial charge is 0.497 e. The van der Waals surface area contributed by atoms with Crippen LogP contribution < -0.4 is 10.1 Å². The molecule has 25 heavy (non-hydrogen) atoms. The van der Waals surface area contributed by atoms with Gasteiger partial charge in [0.2, 0.25) is 5.91 Å². The van der Waals surface area contributed by atoms with E-state index in [1.165, 1.54) is 12.8 Å².